The number of halogens is 2. The second-order valence-electron chi connectivity index (χ2n) is 15.1. The second-order valence-corrected chi connectivity index (χ2v) is 16.9. The van der Waals surface area contributed by atoms with Gasteiger partial charge in [-0.1, -0.05) is 83.8 Å². The molecule has 2 saturated heterocycles. The Bertz CT molecular complexity index is 1650. The lowest BCUT2D eigenvalue weighted by Gasteiger charge is -2.38. The van der Waals surface area contributed by atoms with E-state index in [1.807, 2.05) is 0 Å². The first-order valence-electron chi connectivity index (χ1n) is 18.5. The molecule has 2 fully saturated rings. The quantitative estimate of drug-likeness (QED) is 0.162. The van der Waals surface area contributed by atoms with Crippen molar-refractivity contribution < 1.29 is 53.1 Å². The van der Waals surface area contributed by atoms with Gasteiger partial charge < -0.3 is 50.4 Å². The molecule has 318 valence electrons. The molecular weight excluding hydrogens is 872 g/mol. The van der Waals surface area contributed by atoms with Crippen molar-refractivity contribution in [3.63, 3.8) is 0 Å². The number of rotatable bonds is 12. The predicted molar refractivity (Wildman–Crippen MR) is 220 cm³/mol. The minimum atomic E-state index is -1.69. The fourth-order valence-corrected chi connectivity index (χ4v) is 7.11. The molecule has 0 bridgehead atoms. The Labute approximate surface area is 351 Å². The SMILES string of the molecule is CO.CO.COC(=O)[C@@H](NC(=O)[C@]1(NC(=O)[C@@H](NC(=O)[C@]2(NC(=O)OC(C)(C)C)CCO[C@@H]2c2ccc(Br)cc2)C(C)C)CCO[C@@H]1c1ccc(Br)cc1)C(C)C. The summed E-state index contributed by atoms with van der Waals surface area (Å²) in [6.45, 7) is 12.4. The topological polar surface area (TPSA) is 211 Å². The van der Waals surface area contributed by atoms with Gasteiger partial charge in [0.1, 0.15) is 29.9 Å². The van der Waals surface area contributed by atoms with Gasteiger partial charge in [0, 0.05) is 36.0 Å². The molecule has 6 N–H and O–H groups in total. The van der Waals surface area contributed by atoms with Gasteiger partial charge in [-0.25, -0.2) is 9.59 Å². The maximum absolute atomic E-state index is 14.6. The molecule has 2 aromatic rings. The van der Waals surface area contributed by atoms with Gasteiger partial charge in [-0.3, -0.25) is 14.4 Å². The van der Waals surface area contributed by atoms with E-state index in [4.69, 9.17) is 29.2 Å². The van der Waals surface area contributed by atoms with Crippen LogP contribution in [0.1, 0.15) is 84.6 Å². The summed E-state index contributed by atoms with van der Waals surface area (Å²) in [6.07, 6.45) is -2.54. The molecule has 0 unspecified atom stereocenters. The Hall–Kier alpha value is -3.61. The lowest BCUT2D eigenvalue weighted by molar-refractivity contribution is -0.148. The van der Waals surface area contributed by atoms with E-state index in [0.29, 0.717) is 11.1 Å². The number of aliphatic hydroxyl groups excluding tert-OH is 2. The van der Waals surface area contributed by atoms with E-state index in [2.05, 4.69) is 53.1 Å². The molecule has 0 radical (unpaired) electrons. The Morgan fingerprint density at radius 1 is 0.702 bits per heavy atom. The number of nitrogens with one attached hydrogen (secondary N) is 4. The van der Waals surface area contributed by atoms with E-state index < -0.39 is 76.7 Å². The number of methoxy groups -OCH3 is 1. The standard InChI is InChI=1S/C38H50Br2N4O9.2CH4O/c1-21(2)27(41-34(48)38(44-35(49)53-36(5,6)7)18-20-52-30(38)24-11-15-26(40)16-12-24)31(45)43-37(33(47)42-28(22(3)4)32(46)50-8)17-19-51-29(37)23-9-13-25(39)14-10-23;2*1-2/h9-16,21-22,27-30H,17-20H2,1-8H3,(H,41,48)(H,42,47)(H,43,45)(H,44,49);2*2H,1H3/t27-,28-,29+,30+,37-,38-;;/m0../s1. The van der Waals surface area contributed by atoms with E-state index in [-0.39, 0.29) is 32.0 Å². The third kappa shape index (κ3) is 12.4. The number of aliphatic hydroxyl groups is 2. The molecule has 2 aliphatic rings. The summed E-state index contributed by atoms with van der Waals surface area (Å²) >= 11 is 6.87. The average Bonchev–Trinajstić information content (AvgIpc) is 3.79. The van der Waals surface area contributed by atoms with Crippen LogP contribution in [-0.2, 0) is 38.1 Å². The fourth-order valence-electron chi connectivity index (χ4n) is 6.58. The predicted octanol–water partition coefficient (Wildman–Crippen LogP) is 4.62. The lowest BCUT2D eigenvalue weighted by Crippen LogP contribution is -2.68. The molecule has 4 amide bonds. The van der Waals surface area contributed by atoms with Gasteiger partial charge in [0.15, 0.2) is 11.1 Å². The molecule has 0 aliphatic carbocycles. The summed E-state index contributed by atoms with van der Waals surface area (Å²) in [7, 11) is 3.24. The van der Waals surface area contributed by atoms with Crippen LogP contribution in [0.2, 0.25) is 0 Å². The molecule has 2 aliphatic heterocycles. The first-order valence-corrected chi connectivity index (χ1v) is 20.1. The number of benzene rings is 2. The van der Waals surface area contributed by atoms with Gasteiger partial charge in [0.2, 0.25) is 17.7 Å². The van der Waals surface area contributed by atoms with Crippen molar-refractivity contribution in [1.29, 1.82) is 0 Å². The largest absolute Gasteiger partial charge is 0.467 e. The smallest absolute Gasteiger partial charge is 0.408 e. The number of esters is 1. The van der Waals surface area contributed by atoms with E-state index in [1.54, 1.807) is 97.0 Å². The van der Waals surface area contributed by atoms with Gasteiger partial charge in [0.05, 0.1) is 20.3 Å². The maximum Gasteiger partial charge on any atom is 0.408 e. The number of amides is 4. The van der Waals surface area contributed by atoms with Crippen LogP contribution in [0.15, 0.2) is 57.5 Å². The van der Waals surface area contributed by atoms with Crippen molar-refractivity contribution in [3.05, 3.63) is 68.6 Å². The van der Waals surface area contributed by atoms with Gasteiger partial charge in [-0.15, -0.1) is 0 Å². The average molecular weight is 931 g/mol. The second kappa shape index (κ2) is 22.0. The lowest BCUT2D eigenvalue weighted by atomic mass is 9.83. The molecule has 0 spiro atoms. The molecular formula is C40H58Br2N4O11. The van der Waals surface area contributed by atoms with Gasteiger partial charge in [-0.05, 0) is 68.0 Å². The van der Waals surface area contributed by atoms with Crippen LogP contribution in [0, 0.1) is 11.8 Å². The third-order valence-corrected chi connectivity index (χ3v) is 10.4. The van der Waals surface area contributed by atoms with Crippen LogP contribution in [0.5, 0.6) is 0 Å². The van der Waals surface area contributed by atoms with Crippen molar-refractivity contribution in [2.24, 2.45) is 11.8 Å². The van der Waals surface area contributed by atoms with Crippen molar-refractivity contribution in [2.45, 2.75) is 102 Å². The molecule has 6 atom stereocenters. The number of ether oxygens (including phenoxy) is 4. The van der Waals surface area contributed by atoms with Crippen LogP contribution in [0.25, 0.3) is 0 Å². The number of hydrogen-bond acceptors (Lipinski definition) is 11. The molecule has 17 heteroatoms. The van der Waals surface area contributed by atoms with Gasteiger partial charge >= 0.3 is 12.1 Å². The van der Waals surface area contributed by atoms with E-state index in [0.717, 1.165) is 23.2 Å². The van der Waals surface area contributed by atoms with Crippen LogP contribution >= 0.6 is 31.9 Å². The minimum absolute atomic E-state index is 0.0691. The van der Waals surface area contributed by atoms with E-state index >= 15 is 0 Å². The molecule has 57 heavy (non-hydrogen) atoms. The Kier molecular flexibility index (Phi) is 19.1. The van der Waals surface area contributed by atoms with Gasteiger partial charge in [-0.2, -0.15) is 0 Å². The zero-order chi connectivity index (χ0) is 43.3. The highest BCUT2D eigenvalue weighted by Gasteiger charge is 2.56. The highest BCUT2D eigenvalue weighted by Crippen LogP contribution is 2.41. The Morgan fingerprint density at radius 3 is 1.46 bits per heavy atom. The van der Waals surface area contributed by atoms with Crippen LogP contribution in [-0.4, -0.2) is 103 Å². The highest BCUT2D eigenvalue weighted by atomic mass is 79.9. The summed E-state index contributed by atoms with van der Waals surface area (Å²) in [5.41, 5.74) is -2.97. The molecule has 2 aromatic carbocycles. The van der Waals surface area contributed by atoms with E-state index in [9.17, 15) is 24.0 Å². The number of hydrogen-bond donors (Lipinski definition) is 6. The Balaban J connectivity index is 0.00000271. The molecule has 0 aromatic heterocycles. The third-order valence-electron chi connectivity index (χ3n) is 9.33. The van der Waals surface area contributed by atoms with Crippen molar-refractivity contribution in [3.8, 4) is 0 Å². The molecule has 15 nitrogen and oxygen atoms in total. The summed E-state index contributed by atoms with van der Waals surface area (Å²) in [6, 6.07) is 12.1. The molecule has 4 rings (SSSR count). The van der Waals surface area contributed by atoms with Gasteiger partial charge in [0.25, 0.3) is 0 Å². The summed E-state index contributed by atoms with van der Waals surface area (Å²) in [4.78, 5) is 69.6. The van der Waals surface area contributed by atoms with Crippen molar-refractivity contribution in [1.82, 2.24) is 21.3 Å². The minimum Gasteiger partial charge on any atom is -0.467 e. The van der Waals surface area contributed by atoms with Crippen molar-refractivity contribution >= 4 is 61.6 Å². The van der Waals surface area contributed by atoms with Crippen LogP contribution in [0.4, 0.5) is 4.79 Å². The molecule has 0 saturated carbocycles. The normalized spacial score (nSPS) is 22.5. The Morgan fingerprint density at radius 2 is 1.09 bits per heavy atom. The number of alkyl carbamates (subject to hydrolysis) is 1. The van der Waals surface area contributed by atoms with Crippen LogP contribution < -0.4 is 21.3 Å². The van der Waals surface area contributed by atoms with Crippen molar-refractivity contribution in [2.75, 3.05) is 34.5 Å². The fraction of sp³-hybridized carbons (Fsp3) is 0.575. The summed E-state index contributed by atoms with van der Waals surface area (Å²) in [5.74, 6) is -3.44. The number of carbonyl (C=O) groups is 5. The first-order chi connectivity index (χ1) is 26.8. The zero-order valence-corrected chi connectivity index (χ0v) is 37.4. The summed E-state index contributed by atoms with van der Waals surface area (Å²) < 4.78 is 24.4. The highest BCUT2D eigenvalue weighted by molar-refractivity contribution is 9.10. The zero-order valence-electron chi connectivity index (χ0n) is 34.2. The molecule has 2 heterocycles. The van der Waals surface area contributed by atoms with Crippen LogP contribution in [0.3, 0.4) is 0 Å². The summed E-state index contributed by atoms with van der Waals surface area (Å²) in [5, 5.41) is 25.5. The monoisotopic (exact) mass is 928 g/mol. The maximum atomic E-state index is 14.6. The van der Waals surface area contributed by atoms with E-state index in [1.165, 1.54) is 7.11 Å². The number of carbonyl (C=O) groups excluding carboxylic acids is 5. The first kappa shape index (κ1) is 49.5.